The Labute approximate surface area is 145 Å². The molecule has 3 rings (SSSR count). The number of carbonyl (C=O) groups is 1. The number of rotatable bonds is 4. The van der Waals surface area contributed by atoms with Crippen LogP contribution in [0.4, 0.5) is 0 Å². The Hall–Kier alpha value is -2.67. The molecule has 0 atom stereocenters. The van der Waals surface area contributed by atoms with Gasteiger partial charge in [0.05, 0.1) is 12.8 Å². The highest BCUT2D eigenvalue weighted by atomic mass is 79.9. The van der Waals surface area contributed by atoms with Gasteiger partial charge < -0.3 is 9.15 Å². The van der Waals surface area contributed by atoms with E-state index in [9.17, 15) is 9.59 Å². The number of furan rings is 1. The van der Waals surface area contributed by atoms with Gasteiger partial charge in [-0.05, 0) is 30.3 Å². The number of nitrogens with zero attached hydrogens (tertiary/aromatic N) is 2. The summed E-state index contributed by atoms with van der Waals surface area (Å²) in [6.07, 6.45) is 0. The zero-order chi connectivity index (χ0) is 17.1. The second kappa shape index (κ2) is 6.84. The van der Waals surface area contributed by atoms with Gasteiger partial charge >= 0.3 is 5.97 Å². The number of hydrogen-bond acceptors (Lipinski definition) is 5. The Bertz CT molecular complexity index is 928. The Balaban J connectivity index is 1.89. The topological polar surface area (TPSA) is 74.3 Å². The smallest absolute Gasteiger partial charge is 0.373 e. The molecule has 1 aromatic carbocycles. The molecule has 122 valence electrons. The van der Waals surface area contributed by atoms with Gasteiger partial charge in [0.1, 0.15) is 12.3 Å². The van der Waals surface area contributed by atoms with Crippen LogP contribution in [0.5, 0.6) is 0 Å². The number of halogens is 1. The minimum Gasteiger partial charge on any atom is -0.463 e. The van der Waals surface area contributed by atoms with E-state index >= 15 is 0 Å². The molecule has 0 amide bonds. The van der Waals surface area contributed by atoms with Crippen LogP contribution in [-0.4, -0.2) is 22.9 Å². The first-order valence-electron chi connectivity index (χ1n) is 7.08. The van der Waals surface area contributed by atoms with E-state index in [2.05, 4.69) is 25.8 Å². The highest BCUT2D eigenvalue weighted by molar-refractivity contribution is 9.10. The average molecular weight is 389 g/mol. The lowest BCUT2D eigenvalue weighted by Gasteiger charge is -2.06. The largest absolute Gasteiger partial charge is 0.463 e. The molecule has 7 heteroatoms. The Morgan fingerprint density at radius 2 is 1.92 bits per heavy atom. The van der Waals surface area contributed by atoms with Crippen molar-refractivity contribution in [3.63, 3.8) is 0 Å². The van der Waals surface area contributed by atoms with Gasteiger partial charge in [-0.25, -0.2) is 9.48 Å². The molecule has 0 aliphatic heterocycles. The summed E-state index contributed by atoms with van der Waals surface area (Å²) in [7, 11) is 1.28. The molecule has 0 saturated heterocycles. The van der Waals surface area contributed by atoms with Crippen LogP contribution in [0.3, 0.4) is 0 Å². The lowest BCUT2D eigenvalue weighted by molar-refractivity contribution is 0.0562. The molecule has 6 nitrogen and oxygen atoms in total. The van der Waals surface area contributed by atoms with Gasteiger partial charge in [-0.2, -0.15) is 5.10 Å². The molecule has 0 saturated carbocycles. The van der Waals surface area contributed by atoms with Crippen molar-refractivity contribution in [2.45, 2.75) is 6.54 Å². The number of hydrogen-bond donors (Lipinski definition) is 0. The molecule has 2 aromatic heterocycles. The van der Waals surface area contributed by atoms with Gasteiger partial charge in [0.2, 0.25) is 5.76 Å². The van der Waals surface area contributed by atoms with Crippen LogP contribution in [0.2, 0.25) is 0 Å². The molecule has 0 aliphatic carbocycles. The van der Waals surface area contributed by atoms with Crippen LogP contribution < -0.4 is 5.56 Å². The minimum atomic E-state index is -0.565. The van der Waals surface area contributed by atoms with E-state index in [0.717, 1.165) is 10.0 Å². The number of ether oxygens (including phenoxy) is 1. The summed E-state index contributed by atoms with van der Waals surface area (Å²) in [5.41, 5.74) is 1.30. The first kappa shape index (κ1) is 16.2. The summed E-state index contributed by atoms with van der Waals surface area (Å²) >= 11 is 3.38. The van der Waals surface area contributed by atoms with Gasteiger partial charge in [0.25, 0.3) is 5.56 Å². The number of carbonyl (C=O) groups excluding carboxylic acids is 1. The molecular formula is C17H13BrN2O4. The fraction of sp³-hybridized carbons (Fsp3) is 0.118. The first-order valence-corrected chi connectivity index (χ1v) is 7.87. The fourth-order valence-electron chi connectivity index (χ4n) is 2.16. The summed E-state index contributed by atoms with van der Waals surface area (Å²) in [4.78, 5) is 23.4. The summed E-state index contributed by atoms with van der Waals surface area (Å²) in [5, 5.41) is 4.35. The molecular weight excluding hydrogens is 376 g/mol. The monoisotopic (exact) mass is 388 g/mol. The third kappa shape index (κ3) is 3.46. The van der Waals surface area contributed by atoms with E-state index < -0.39 is 5.97 Å². The van der Waals surface area contributed by atoms with E-state index in [1.807, 2.05) is 24.3 Å². The van der Waals surface area contributed by atoms with Crippen LogP contribution in [0, 0.1) is 0 Å². The lowest BCUT2D eigenvalue weighted by atomic mass is 10.1. The minimum absolute atomic E-state index is 0.0876. The Morgan fingerprint density at radius 3 is 2.62 bits per heavy atom. The predicted octanol–water partition coefficient (Wildman–Crippen LogP) is 3.10. The van der Waals surface area contributed by atoms with Crippen LogP contribution >= 0.6 is 15.9 Å². The van der Waals surface area contributed by atoms with E-state index in [-0.39, 0.29) is 17.9 Å². The lowest BCUT2D eigenvalue weighted by Crippen LogP contribution is -2.22. The second-order valence-electron chi connectivity index (χ2n) is 4.98. The van der Waals surface area contributed by atoms with Gasteiger partial charge in [-0.15, -0.1) is 0 Å². The third-order valence-electron chi connectivity index (χ3n) is 3.36. The molecule has 0 fully saturated rings. The number of methoxy groups -OCH3 is 1. The van der Waals surface area contributed by atoms with Crippen molar-refractivity contribution in [2.24, 2.45) is 0 Å². The predicted molar refractivity (Wildman–Crippen MR) is 90.8 cm³/mol. The number of aromatic nitrogens is 2. The van der Waals surface area contributed by atoms with Gasteiger partial charge in [-0.1, -0.05) is 28.1 Å². The van der Waals surface area contributed by atoms with Crippen molar-refractivity contribution in [3.05, 3.63) is 74.9 Å². The molecule has 0 unspecified atom stereocenters. The first-order chi connectivity index (χ1) is 11.6. The SMILES string of the molecule is COC(=O)c1ccc(Cn2nc(-c3ccc(Br)cc3)ccc2=O)o1. The molecule has 2 heterocycles. The average Bonchev–Trinajstić information content (AvgIpc) is 3.05. The molecule has 0 aliphatic rings. The maximum Gasteiger partial charge on any atom is 0.373 e. The maximum absolute atomic E-state index is 12.0. The normalized spacial score (nSPS) is 10.6. The standard InChI is InChI=1S/C17H13BrN2O4/c1-23-17(22)15-8-6-13(24-15)10-20-16(21)9-7-14(19-20)11-2-4-12(18)5-3-11/h2-9H,10H2,1H3. The molecule has 24 heavy (non-hydrogen) atoms. The Morgan fingerprint density at radius 1 is 1.17 bits per heavy atom. The van der Waals surface area contributed by atoms with Crippen molar-refractivity contribution in [2.75, 3.05) is 7.11 Å². The zero-order valence-electron chi connectivity index (χ0n) is 12.7. The molecule has 0 bridgehead atoms. The van der Waals surface area contributed by atoms with E-state index in [1.165, 1.54) is 23.9 Å². The molecule has 0 spiro atoms. The van der Waals surface area contributed by atoms with Crippen molar-refractivity contribution in [3.8, 4) is 11.3 Å². The zero-order valence-corrected chi connectivity index (χ0v) is 14.3. The second-order valence-corrected chi connectivity index (χ2v) is 5.89. The van der Waals surface area contributed by atoms with Crippen molar-refractivity contribution in [1.82, 2.24) is 9.78 Å². The van der Waals surface area contributed by atoms with Crippen molar-refractivity contribution < 1.29 is 13.9 Å². The number of benzene rings is 1. The van der Waals surface area contributed by atoms with E-state index in [0.29, 0.717) is 11.5 Å². The van der Waals surface area contributed by atoms with Gasteiger partial charge in [0, 0.05) is 16.1 Å². The van der Waals surface area contributed by atoms with Gasteiger partial charge in [0.15, 0.2) is 0 Å². The summed E-state index contributed by atoms with van der Waals surface area (Å²) in [6, 6.07) is 13.9. The molecule has 3 aromatic rings. The van der Waals surface area contributed by atoms with Crippen LogP contribution in [0.15, 0.2) is 62.2 Å². The van der Waals surface area contributed by atoms with Crippen molar-refractivity contribution >= 4 is 21.9 Å². The van der Waals surface area contributed by atoms with Gasteiger partial charge in [-0.3, -0.25) is 4.79 Å². The van der Waals surface area contributed by atoms with Crippen molar-refractivity contribution in [1.29, 1.82) is 0 Å². The summed E-state index contributed by atoms with van der Waals surface area (Å²) in [6.45, 7) is 0.125. The molecule has 0 N–H and O–H groups in total. The highest BCUT2D eigenvalue weighted by Crippen LogP contribution is 2.19. The Kier molecular flexibility index (Phi) is 4.61. The van der Waals surface area contributed by atoms with Crippen LogP contribution in [-0.2, 0) is 11.3 Å². The molecule has 0 radical (unpaired) electrons. The van der Waals surface area contributed by atoms with Crippen LogP contribution in [0.25, 0.3) is 11.3 Å². The fourth-order valence-corrected chi connectivity index (χ4v) is 2.42. The maximum atomic E-state index is 12.0. The quantitative estimate of drug-likeness (QED) is 0.641. The number of esters is 1. The van der Waals surface area contributed by atoms with E-state index in [4.69, 9.17) is 4.42 Å². The third-order valence-corrected chi connectivity index (χ3v) is 3.89. The summed E-state index contributed by atoms with van der Waals surface area (Å²) < 4.78 is 12.2. The highest BCUT2D eigenvalue weighted by Gasteiger charge is 2.12. The summed E-state index contributed by atoms with van der Waals surface area (Å²) in [5.74, 6) is -0.0345. The van der Waals surface area contributed by atoms with Crippen LogP contribution in [0.1, 0.15) is 16.3 Å². The van der Waals surface area contributed by atoms with E-state index in [1.54, 1.807) is 12.1 Å².